The molecule has 1 unspecified atom stereocenters. The van der Waals surface area contributed by atoms with Crippen LogP contribution in [0.25, 0.3) is 0 Å². The lowest BCUT2D eigenvalue weighted by atomic mass is 9.98. The van der Waals surface area contributed by atoms with Crippen molar-refractivity contribution in [3.05, 3.63) is 47.6 Å². The van der Waals surface area contributed by atoms with Gasteiger partial charge in [-0.15, -0.1) is 0 Å². The van der Waals surface area contributed by atoms with E-state index in [0.717, 1.165) is 45.6 Å². The van der Waals surface area contributed by atoms with Gasteiger partial charge in [0.25, 0.3) is 0 Å². The molecular weight excluding hydrogens is 346 g/mol. The Bertz CT molecular complexity index is 574. The minimum absolute atomic E-state index is 0.319. The highest BCUT2D eigenvalue weighted by Gasteiger charge is 2.22. The molecule has 4 nitrogen and oxygen atoms in total. The molecule has 2 aliphatic carbocycles. The molecule has 2 atom stereocenters. The van der Waals surface area contributed by atoms with E-state index in [1.54, 1.807) is 5.57 Å². The van der Waals surface area contributed by atoms with Gasteiger partial charge in [-0.1, -0.05) is 49.3 Å². The Morgan fingerprint density at radius 1 is 0.750 bits per heavy atom. The van der Waals surface area contributed by atoms with E-state index in [9.17, 15) is 0 Å². The first kappa shape index (κ1) is 23.1. The molecule has 28 heavy (non-hydrogen) atoms. The molecular formula is C24H41N3O. The summed E-state index contributed by atoms with van der Waals surface area (Å²) in [5.74, 6) is 1.07. The molecule has 0 aromatic heterocycles. The molecule has 0 aliphatic heterocycles. The van der Waals surface area contributed by atoms with E-state index in [2.05, 4.69) is 79.3 Å². The third kappa shape index (κ3) is 8.04. The summed E-state index contributed by atoms with van der Waals surface area (Å²) in [5, 5.41) is 9.01. The molecule has 0 bridgehead atoms. The Kier molecular flexibility index (Phi) is 10.2. The molecule has 0 amide bonds. The van der Waals surface area contributed by atoms with Gasteiger partial charge in [0.1, 0.15) is 0 Å². The van der Waals surface area contributed by atoms with Crippen LogP contribution in [0.4, 0.5) is 0 Å². The van der Waals surface area contributed by atoms with Gasteiger partial charge in [-0.05, 0) is 58.7 Å². The normalized spacial score (nSPS) is 21.4. The number of likely N-dealkylation sites (N-methyl/N-ethyl adjacent to an activating group) is 1. The van der Waals surface area contributed by atoms with Crippen LogP contribution in [0, 0.1) is 11.8 Å². The second-order valence-electron chi connectivity index (χ2n) is 8.84. The van der Waals surface area contributed by atoms with Crippen LogP contribution >= 0.6 is 0 Å². The Hall–Kier alpha value is -1.20. The largest absolute Gasteiger partial charge is 0.396 e. The highest BCUT2D eigenvalue weighted by atomic mass is 16.2. The molecule has 0 fully saturated rings. The molecule has 0 saturated heterocycles. The monoisotopic (exact) mass is 387 g/mol. The van der Waals surface area contributed by atoms with E-state index in [-0.39, 0.29) is 0 Å². The highest BCUT2D eigenvalue weighted by molar-refractivity contribution is 5.31. The fraction of sp³-hybridized carbons (Fsp3) is 0.667. The zero-order chi connectivity index (χ0) is 20.4. The Labute approximate surface area is 172 Å². The van der Waals surface area contributed by atoms with E-state index >= 15 is 0 Å². The molecule has 1 N–H and O–H groups in total. The lowest BCUT2D eigenvalue weighted by Crippen LogP contribution is -2.35. The average molecular weight is 388 g/mol. The summed E-state index contributed by atoms with van der Waals surface area (Å²) >= 11 is 0. The molecule has 2 aliphatic rings. The molecule has 0 saturated carbocycles. The van der Waals surface area contributed by atoms with Crippen LogP contribution in [0.3, 0.4) is 0 Å². The first-order chi connectivity index (χ1) is 13.5. The van der Waals surface area contributed by atoms with Gasteiger partial charge in [-0.3, -0.25) is 4.90 Å². The lowest BCUT2D eigenvalue weighted by molar-refractivity contribution is 0.253. The number of rotatable bonds is 14. The Balaban J connectivity index is 1.95. The number of unbranched alkanes of at least 4 members (excludes halogenated alkanes) is 3. The van der Waals surface area contributed by atoms with Crippen molar-refractivity contribution in [3.63, 3.8) is 0 Å². The van der Waals surface area contributed by atoms with Gasteiger partial charge in [0.15, 0.2) is 0 Å². The molecule has 2 rings (SSSR count). The quantitative estimate of drug-likeness (QED) is 0.464. The fourth-order valence-corrected chi connectivity index (χ4v) is 4.15. The van der Waals surface area contributed by atoms with Crippen molar-refractivity contribution >= 4 is 0 Å². The number of nitrogens with zero attached hydrogens (tertiary/aromatic N) is 3. The summed E-state index contributed by atoms with van der Waals surface area (Å²) in [6.45, 7) is 5.74. The van der Waals surface area contributed by atoms with Gasteiger partial charge in [-0.2, -0.15) is 0 Å². The van der Waals surface area contributed by atoms with Crippen molar-refractivity contribution in [1.82, 2.24) is 14.7 Å². The van der Waals surface area contributed by atoms with Crippen molar-refractivity contribution in [2.24, 2.45) is 11.8 Å². The summed E-state index contributed by atoms with van der Waals surface area (Å²) in [5.41, 5.74) is 3.07. The van der Waals surface area contributed by atoms with Gasteiger partial charge >= 0.3 is 0 Å². The topological polar surface area (TPSA) is 30.0 Å². The van der Waals surface area contributed by atoms with Gasteiger partial charge in [0.2, 0.25) is 0 Å². The van der Waals surface area contributed by atoms with Gasteiger partial charge in [0.05, 0.1) is 0 Å². The average Bonchev–Trinajstić information content (AvgIpc) is 3.23. The molecule has 0 aromatic rings. The zero-order valence-electron chi connectivity index (χ0n) is 18.5. The molecule has 0 radical (unpaired) electrons. The molecule has 0 heterocycles. The minimum atomic E-state index is 0.319. The fourth-order valence-electron chi connectivity index (χ4n) is 4.15. The van der Waals surface area contributed by atoms with Crippen LogP contribution in [0.1, 0.15) is 25.7 Å². The number of hydrogen-bond acceptors (Lipinski definition) is 4. The first-order valence-electron chi connectivity index (χ1n) is 10.9. The summed E-state index contributed by atoms with van der Waals surface area (Å²) < 4.78 is 0. The van der Waals surface area contributed by atoms with E-state index in [1.165, 1.54) is 18.4 Å². The third-order valence-corrected chi connectivity index (χ3v) is 5.56. The SMILES string of the molecule is CN(C)CC1=CC=C[C@H]1CN(CCCCCCO)CC1=CC=CC1CN(C)C. The number of hydrogen-bond donors (Lipinski definition) is 1. The van der Waals surface area contributed by atoms with Crippen LogP contribution in [-0.2, 0) is 0 Å². The molecule has 4 heteroatoms. The molecule has 0 aromatic carbocycles. The van der Waals surface area contributed by atoms with Gasteiger partial charge in [0, 0.05) is 44.6 Å². The van der Waals surface area contributed by atoms with Crippen LogP contribution in [0.15, 0.2) is 47.6 Å². The summed E-state index contributed by atoms with van der Waals surface area (Å²) in [7, 11) is 8.61. The number of aliphatic hydroxyl groups excluding tert-OH is 1. The van der Waals surface area contributed by atoms with E-state index in [4.69, 9.17) is 5.11 Å². The predicted molar refractivity (Wildman–Crippen MR) is 121 cm³/mol. The maximum absolute atomic E-state index is 9.01. The van der Waals surface area contributed by atoms with Crippen LogP contribution in [0.2, 0.25) is 0 Å². The van der Waals surface area contributed by atoms with Crippen molar-refractivity contribution in [2.45, 2.75) is 25.7 Å². The van der Waals surface area contributed by atoms with E-state index < -0.39 is 0 Å². The predicted octanol–water partition coefficient (Wildman–Crippen LogP) is 3.19. The number of aliphatic hydroxyl groups is 1. The lowest BCUT2D eigenvalue weighted by Gasteiger charge is -2.30. The summed E-state index contributed by atoms with van der Waals surface area (Å²) in [6.07, 6.45) is 18.3. The van der Waals surface area contributed by atoms with Crippen molar-refractivity contribution in [3.8, 4) is 0 Å². The van der Waals surface area contributed by atoms with Crippen LogP contribution < -0.4 is 0 Å². The summed E-state index contributed by atoms with van der Waals surface area (Å²) in [4.78, 5) is 7.21. The van der Waals surface area contributed by atoms with Gasteiger partial charge < -0.3 is 14.9 Å². The van der Waals surface area contributed by atoms with Crippen LogP contribution in [-0.4, -0.2) is 87.3 Å². The summed E-state index contributed by atoms with van der Waals surface area (Å²) in [6, 6.07) is 0. The van der Waals surface area contributed by atoms with Crippen LogP contribution in [0.5, 0.6) is 0 Å². The van der Waals surface area contributed by atoms with E-state index in [0.29, 0.717) is 18.4 Å². The van der Waals surface area contributed by atoms with Crippen molar-refractivity contribution in [1.29, 1.82) is 0 Å². The maximum Gasteiger partial charge on any atom is 0.0431 e. The second-order valence-corrected chi connectivity index (χ2v) is 8.84. The zero-order valence-corrected chi connectivity index (χ0v) is 18.5. The van der Waals surface area contributed by atoms with Crippen molar-refractivity contribution in [2.75, 3.05) is 67.5 Å². The minimum Gasteiger partial charge on any atom is -0.396 e. The van der Waals surface area contributed by atoms with Crippen molar-refractivity contribution < 1.29 is 5.11 Å². The van der Waals surface area contributed by atoms with Gasteiger partial charge in [-0.25, -0.2) is 0 Å². The Morgan fingerprint density at radius 3 is 1.96 bits per heavy atom. The smallest absolute Gasteiger partial charge is 0.0431 e. The second kappa shape index (κ2) is 12.4. The maximum atomic E-state index is 9.01. The third-order valence-electron chi connectivity index (χ3n) is 5.56. The standard InChI is InChI=1S/C24H41N3O/c1-25(2)17-21-11-9-13-23(21)19-27(15-7-5-6-8-16-28)20-24-14-10-12-22(24)18-26(3)4/h9-14,21,24,28H,5-8,15-20H2,1-4H3/t21?,24-/m0/s1. The number of allylic oxidation sites excluding steroid dienone is 4. The molecule has 0 spiro atoms. The highest BCUT2D eigenvalue weighted by Crippen LogP contribution is 2.25. The first-order valence-corrected chi connectivity index (χ1v) is 10.9. The Morgan fingerprint density at radius 2 is 1.36 bits per heavy atom. The van der Waals surface area contributed by atoms with E-state index in [1.807, 2.05) is 0 Å². The molecule has 158 valence electrons.